The van der Waals surface area contributed by atoms with Crippen LogP contribution in [0.15, 0.2) is 47.4 Å². The summed E-state index contributed by atoms with van der Waals surface area (Å²) in [5, 5.41) is 12.6. The van der Waals surface area contributed by atoms with Crippen molar-refractivity contribution in [3.05, 3.63) is 48.0 Å². The van der Waals surface area contributed by atoms with E-state index in [0.29, 0.717) is 17.7 Å². The molecule has 0 heterocycles. The molecule has 1 N–H and O–H groups in total. The Hall–Kier alpha value is -0.414. The zero-order valence-corrected chi connectivity index (χ0v) is 19.2. The minimum absolute atomic E-state index is 0. The molecule has 0 unspecified atom stereocenters. The van der Waals surface area contributed by atoms with Gasteiger partial charge in [-0.3, -0.25) is 4.55 Å². The van der Waals surface area contributed by atoms with Crippen LogP contribution in [0.4, 0.5) is 0 Å². The molecule has 0 bridgehead atoms. The fourth-order valence-electron chi connectivity index (χ4n) is 2.58. The van der Waals surface area contributed by atoms with Gasteiger partial charge in [-0.25, -0.2) is 0 Å². The van der Waals surface area contributed by atoms with E-state index in [1.807, 2.05) is 0 Å². The summed E-state index contributed by atoms with van der Waals surface area (Å²) in [4.78, 5) is -0.318. The second-order valence-electron chi connectivity index (χ2n) is 5.96. The summed E-state index contributed by atoms with van der Waals surface area (Å²) in [7, 11) is -4.41. The normalized spacial score (nSPS) is 11.0. The number of benzene rings is 2. The Morgan fingerprint density at radius 1 is 1.04 bits per heavy atom. The zero-order chi connectivity index (χ0) is 18.3. The maximum absolute atomic E-state index is 12.6. The van der Waals surface area contributed by atoms with Crippen LogP contribution in [0.25, 0.3) is 0 Å². The third-order valence-corrected chi connectivity index (χ3v) is 4.76. The summed E-state index contributed by atoms with van der Waals surface area (Å²) >= 11 is 0. The molecule has 7 heteroatoms. The summed E-state index contributed by atoms with van der Waals surface area (Å²) in [6, 6.07) is 11.0. The van der Waals surface area contributed by atoms with E-state index in [0.717, 1.165) is 38.2 Å². The average molecular weight is 403 g/mol. The van der Waals surface area contributed by atoms with Gasteiger partial charge in [0.15, 0.2) is 0 Å². The molecule has 0 saturated carbocycles. The van der Waals surface area contributed by atoms with E-state index in [-0.39, 0.29) is 67.8 Å². The largest absolute Gasteiger partial charge is 1.00 e. The number of rotatable bonds is 9. The number of hydrogen-bond acceptors (Lipinski definition) is 4. The summed E-state index contributed by atoms with van der Waals surface area (Å²) in [5.74, 6) is -0.00221. The van der Waals surface area contributed by atoms with E-state index in [1.165, 1.54) is 6.07 Å². The van der Waals surface area contributed by atoms with E-state index in [1.54, 1.807) is 30.3 Å². The molecule has 0 aliphatic rings. The second kappa shape index (κ2) is 11.4. The minimum atomic E-state index is -4.41. The van der Waals surface area contributed by atoms with Crippen molar-refractivity contribution in [1.29, 1.82) is 0 Å². The molecule has 0 aliphatic heterocycles. The predicted molar refractivity (Wildman–Crippen MR) is 94.7 cm³/mol. The van der Waals surface area contributed by atoms with Crippen molar-refractivity contribution >= 4 is 10.1 Å². The molecule has 0 atom stereocenters. The van der Waals surface area contributed by atoms with Crippen LogP contribution in [0.2, 0.25) is 0 Å². The maximum Gasteiger partial charge on any atom is 1.00 e. The summed E-state index contributed by atoms with van der Waals surface area (Å²) in [6.07, 6.45) is 5.55. The molecule has 0 fully saturated rings. The molecule has 26 heavy (non-hydrogen) atoms. The van der Waals surface area contributed by atoms with E-state index in [2.05, 4.69) is 6.92 Å². The van der Waals surface area contributed by atoms with Gasteiger partial charge in [0.1, 0.15) is 11.5 Å². The van der Waals surface area contributed by atoms with Gasteiger partial charge in [0.05, 0.1) is 4.90 Å². The molecule has 2 aromatic carbocycles. The molecule has 0 saturated heterocycles. The first-order valence-corrected chi connectivity index (χ1v) is 9.90. The SMILES string of the molecule is CCCCCCCc1cc(S(=O)(=O)O)cc(Oc2ccccc2)c1[O-].[K+]. The second-order valence-corrected chi connectivity index (χ2v) is 7.39. The molecular weight excluding hydrogens is 379 g/mol. The van der Waals surface area contributed by atoms with Crippen LogP contribution in [0.3, 0.4) is 0 Å². The minimum Gasteiger partial charge on any atom is -0.870 e. The van der Waals surface area contributed by atoms with Gasteiger partial charge in [-0.05, 0) is 31.0 Å². The molecule has 0 aromatic heterocycles. The van der Waals surface area contributed by atoms with Crippen LogP contribution in [-0.2, 0) is 16.5 Å². The van der Waals surface area contributed by atoms with E-state index in [9.17, 15) is 18.1 Å². The quantitative estimate of drug-likeness (QED) is 0.388. The first kappa shape index (κ1) is 23.6. The Balaban J connectivity index is 0.00000338. The van der Waals surface area contributed by atoms with Gasteiger partial charge in [-0.15, -0.1) is 0 Å². The van der Waals surface area contributed by atoms with Gasteiger partial charge < -0.3 is 9.84 Å². The summed E-state index contributed by atoms with van der Waals surface area (Å²) in [6.45, 7) is 2.12. The molecule has 5 nitrogen and oxygen atoms in total. The van der Waals surface area contributed by atoms with Crippen LogP contribution in [0.1, 0.15) is 44.6 Å². The van der Waals surface area contributed by atoms with Gasteiger partial charge in [0.2, 0.25) is 0 Å². The first-order valence-electron chi connectivity index (χ1n) is 8.46. The van der Waals surface area contributed by atoms with Crippen LogP contribution in [0.5, 0.6) is 17.2 Å². The van der Waals surface area contributed by atoms with Gasteiger partial charge in [0, 0.05) is 6.07 Å². The molecular formula is C19H23KO5S. The van der Waals surface area contributed by atoms with Crippen molar-refractivity contribution in [1.82, 2.24) is 0 Å². The smallest absolute Gasteiger partial charge is 0.870 e. The van der Waals surface area contributed by atoms with Crippen molar-refractivity contribution in [2.45, 2.75) is 50.3 Å². The maximum atomic E-state index is 12.6. The van der Waals surface area contributed by atoms with Crippen molar-refractivity contribution in [3.8, 4) is 17.2 Å². The Labute approximate surface area is 198 Å². The Morgan fingerprint density at radius 3 is 2.31 bits per heavy atom. The van der Waals surface area contributed by atoms with Crippen LogP contribution >= 0.6 is 0 Å². The molecule has 2 rings (SSSR count). The number of hydrogen-bond donors (Lipinski definition) is 1. The zero-order valence-electron chi connectivity index (χ0n) is 15.3. The number of para-hydroxylation sites is 1. The van der Waals surface area contributed by atoms with Crippen LogP contribution in [0, 0.1) is 0 Å². The Bertz CT molecular complexity index is 791. The van der Waals surface area contributed by atoms with E-state index >= 15 is 0 Å². The van der Waals surface area contributed by atoms with E-state index < -0.39 is 10.1 Å². The summed E-state index contributed by atoms with van der Waals surface area (Å²) in [5.41, 5.74) is 0.345. The number of unbranched alkanes of at least 4 members (excludes halogenated alkanes) is 4. The summed E-state index contributed by atoms with van der Waals surface area (Å²) < 4.78 is 37.9. The molecule has 0 amide bonds. The van der Waals surface area contributed by atoms with Crippen LogP contribution in [-0.4, -0.2) is 13.0 Å². The third-order valence-electron chi connectivity index (χ3n) is 3.92. The van der Waals surface area contributed by atoms with Gasteiger partial charge >= 0.3 is 51.4 Å². The topological polar surface area (TPSA) is 86.7 Å². The Morgan fingerprint density at radius 2 is 1.69 bits per heavy atom. The molecule has 2 aromatic rings. The molecule has 0 radical (unpaired) electrons. The van der Waals surface area contributed by atoms with Crippen LogP contribution < -0.4 is 61.2 Å². The van der Waals surface area contributed by atoms with Gasteiger partial charge in [-0.1, -0.05) is 62.1 Å². The predicted octanol–water partition coefficient (Wildman–Crippen LogP) is 1.32. The van der Waals surface area contributed by atoms with Crippen molar-refractivity contribution in [3.63, 3.8) is 0 Å². The van der Waals surface area contributed by atoms with Gasteiger partial charge in [0.25, 0.3) is 10.1 Å². The number of ether oxygens (including phenoxy) is 1. The Kier molecular flexibility index (Phi) is 10.4. The fraction of sp³-hybridized carbons (Fsp3) is 0.368. The fourth-order valence-corrected chi connectivity index (χ4v) is 3.12. The average Bonchev–Trinajstić information content (AvgIpc) is 2.57. The molecule has 0 aliphatic carbocycles. The molecule has 136 valence electrons. The number of aryl methyl sites for hydroxylation is 1. The standard InChI is InChI=1S/C19H24O5S.K/c1-2-3-4-5-7-10-15-13-17(25(21,22)23)14-18(19(15)20)24-16-11-8-6-9-12-16;/h6,8-9,11-14,20H,2-5,7,10H2,1H3,(H,21,22,23);/q;+1/p-1. The van der Waals surface area contributed by atoms with Gasteiger partial charge in [-0.2, -0.15) is 8.42 Å². The van der Waals surface area contributed by atoms with Crippen molar-refractivity contribution < 1.29 is 74.2 Å². The van der Waals surface area contributed by atoms with Crippen molar-refractivity contribution in [2.75, 3.05) is 0 Å². The monoisotopic (exact) mass is 402 g/mol. The van der Waals surface area contributed by atoms with E-state index in [4.69, 9.17) is 4.74 Å². The first-order chi connectivity index (χ1) is 11.9. The third kappa shape index (κ3) is 7.30. The molecule has 0 spiro atoms. The van der Waals surface area contributed by atoms with Crippen molar-refractivity contribution in [2.24, 2.45) is 0 Å².